The number of rotatable bonds is 9. The predicted molar refractivity (Wildman–Crippen MR) is 133 cm³/mol. The molecular formula is C23H32BrN3O5S. The molecule has 1 aromatic rings. The first-order chi connectivity index (χ1) is 15.6. The fraction of sp³-hybridized carbons (Fsp3) is 0.565. The van der Waals surface area contributed by atoms with E-state index in [0.29, 0.717) is 53.9 Å². The van der Waals surface area contributed by atoms with Gasteiger partial charge in [-0.25, -0.2) is 0 Å². The Kier molecular flexibility index (Phi) is 10.6. The molecule has 1 aliphatic rings. The van der Waals surface area contributed by atoms with Gasteiger partial charge < -0.3 is 19.7 Å². The van der Waals surface area contributed by atoms with Crippen LogP contribution in [0, 0.1) is 11.8 Å². The van der Waals surface area contributed by atoms with Crippen molar-refractivity contribution in [2.24, 2.45) is 11.8 Å². The second kappa shape index (κ2) is 12.9. The average Bonchev–Trinajstić information content (AvgIpc) is 2.73. The van der Waals surface area contributed by atoms with Gasteiger partial charge in [-0.05, 0) is 64.6 Å². The normalized spacial score (nSPS) is 15.9. The van der Waals surface area contributed by atoms with Crippen LogP contribution in [0.25, 0.3) is 0 Å². The van der Waals surface area contributed by atoms with Gasteiger partial charge in [0.05, 0.1) is 24.1 Å². The fourth-order valence-corrected chi connectivity index (χ4v) is 3.85. The van der Waals surface area contributed by atoms with E-state index in [-0.39, 0.29) is 17.4 Å². The molecule has 0 radical (unpaired) electrons. The highest BCUT2D eigenvalue weighted by Gasteiger charge is 2.34. The van der Waals surface area contributed by atoms with Crippen LogP contribution in [0.1, 0.15) is 50.9 Å². The Hall–Kier alpha value is -2.20. The number of benzene rings is 1. The van der Waals surface area contributed by atoms with Gasteiger partial charge in [-0.15, -0.1) is 0 Å². The first kappa shape index (κ1) is 27.0. The van der Waals surface area contributed by atoms with Crippen LogP contribution in [0.3, 0.4) is 0 Å². The summed E-state index contributed by atoms with van der Waals surface area (Å²) in [6.45, 7) is 9.78. The van der Waals surface area contributed by atoms with Crippen molar-refractivity contribution in [2.75, 3.05) is 26.3 Å². The molecule has 2 amide bonds. The second-order valence-corrected chi connectivity index (χ2v) is 9.96. The van der Waals surface area contributed by atoms with Crippen molar-refractivity contribution in [3.8, 4) is 5.75 Å². The van der Waals surface area contributed by atoms with Crippen molar-refractivity contribution in [2.45, 2.75) is 46.6 Å². The van der Waals surface area contributed by atoms with E-state index in [9.17, 15) is 14.4 Å². The minimum atomic E-state index is -0.836. The molecule has 2 N–H and O–H groups in total. The number of hydrogen-bond acceptors (Lipinski definition) is 6. The molecule has 1 unspecified atom stereocenters. The quantitative estimate of drug-likeness (QED) is 0.365. The van der Waals surface area contributed by atoms with E-state index >= 15 is 0 Å². The second-order valence-electron chi connectivity index (χ2n) is 8.72. The molecule has 1 fully saturated rings. The van der Waals surface area contributed by atoms with E-state index in [1.807, 2.05) is 13.8 Å². The minimum Gasteiger partial charge on any atom is -0.492 e. The van der Waals surface area contributed by atoms with Crippen molar-refractivity contribution in [1.82, 2.24) is 15.5 Å². The van der Waals surface area contributed by atoms with Crippen LogP contribution in [0.15, 0.2) is 22.7 Å². The van der Waals surface area contributed by atoms with Crippen molar-refractivity contribution in [3.05, 3.63) is 28.2 Å². The van der Waals surface area contributed by atoms with Crippen LogP contribution in [0.2, 0.25) is 0 Å². The van der Waals surface area contributed by atoms with Crippen molar-refractivity contribution in [3.63, 3.8) is 0 Å². The molecule has 2 rings (SSSR count). The summed E-state index contributed by atoms with van der Waals surface area (Å²) in [5.74, 6) is 0.211. The van der Waals surface area contributed by atoms with Crippen molar-refractivity contribution in [1.29, 1.82) is 0 Å². The molecule has 1 atom stereocenters. The maximum absolute atomic E-state index is 12.8. The SMILES string of the molecule is CC(C)CCOC(=O)CC1C(=O)NCCN1C(=S)NC(=O)c1ccc(OCC(C)C)c(Br)c1. The van der Waals surface area contributed by atoms with Gasteiger partial charge in [-0.3, -0.25) is 19.7 Å². The summed E-state index contributed by atoms with van der Waals surface area (Å²) < 4.78 is 11.6. The zero-order valence-electron chi connectivity index (χ0n) is 19.5. The number of ether oxygens (including phenoxy) is 2. The third-order valence-electron chi connectivity index (χ3n) is 4.90. The van der Waals surface area contributed by atoms with Crippen molar-refractivity contribution < 1.29 is 23.9 Å². The molecule has 1 heterocycles. The largest absolute Gasteiger partial charge is 0.492 e. The van der Waals surface area contributed by atoms with E-state index < -0.39 is 17.9 Å². The van der Waals surface area contributed by atoms with Crippen LogP contribution in [0.4, 0.5) is 0 Å². The van der Waals surface area contributed by atoms with Crippen LogP contribution < -0.4 is 15.4 Å². The summed E-state index contributed by atoms with van der Waals surface area (Å²) in [5, 5.41) is 5.49. The molecule has 8 nitrogen and oxygen atoms in total. The highest BCUT2D eigenvalue weighted by Crippen LogP contribution is 2.26. The van der Waals surface area contributed by atoms with Crippen LogP contribution in [-0.2, 0) is 14.3 Å². The molecule has 182 valence electrons. The molecule has 0 saturated carbocycles. The summed E-state index contributed by atoms with van der Waals surface area (Å²) in [7, 11) is 0. The van der Waals surface area contributed by atoms with E-state index in [1.54, 1.807) is 23.1 Å². The predicted octanol–water partition coefficient (Wildman–Crippen LogP) is 3.28. The number of hydrogen-bond donors (Lipinski definition) is 2. The Morgan fingerprint density at radius 2 is 2.00 bits per heavy atom. The van der Waals surface area contributed by atoms with E-state index in [4.69, 9.17) is 21.7 Å². The number of nitrogens with one attached hydrogen (secondary N) is 2. The van der Waals surface area contributed by atoms with Gasteiger partial charge in [0.25, 0.3) is 5.91 Å². The van der Waals surface area contributed by atoms with E-state index in [2.05, 4.69) is 40.4 Å². The Morgan fingerprint density at radius 3 is 2.64 bits per heavy atom. The van der Waals surface area contributed by atoms with Gasteiger partial charge in [-0.2, -0.15) is 0 Å². The number of carbonyl (C=O) groups excluding carboxylic acids is 3. The molecule has 1 aliphatic heterocycles. The highest BCUT2D eigenvalue weighted by atomic mass is 79.9. The Bertz CT molecular complexity index is 878. The molecule has 10 heteroatoms. The molecule has 0 aromatic heterocycles. The summed E-state index contributed by atoms with van der Waals surface area (Å²) in [5.41, 5.74) is 0.382. The van der Waals surface area contributed by atoms with Crippen LogP contribution in [-0.4, -0.2) is 60.1 Å². The zero-order chi connectivity index (χ0) is 24.5. The molecule has 1 aromatic carbocycles. The smallest absolute Gasteiger partial charge is 0.308 e. The van der Waals surface area contributed by atoms with Gasteiger partial charge in [0, 0.05) is 18.7 Å². The van der Waals surface area contributed by atoms with Crippen molar-refractivity contribution >= 4 is 51.0 Å². The maximum Gasteiger partial charge on any atom is 0.308 e. The molecule has 1 saturated heterocycles. The summed E-state index contributed by atoms with van der Waals surface area (Å²) in [6, 6.07) is 4.18. The number of esters is 1. The molecule has 33 heavy (non-hydrogen) atoms. The van der Waals surface area contributed by atoms with Crippen LogP contribution >= 0.6 is 28.1 Å². The summed E-state index contributed by atoms with van der Waals surface area (Å²) in [6.07, 6.45) is 0.602. The van der Waals surface area contributed by atoms with Gasteiger partial charge >= 0.3 is 5.97 Å². The lowest BCUT2D eigenvalue weighted by molar-refractivity contribution is -0.147. The van der Waals surface area contributed by atoms with Gasteiger partial charge in [0.15, 0.2) is 5.11 Å². The molecule has 0 aliphatic carbocycles. The lowest BCUT2D eigenvalue weighted by Crippen LogP contribution is -2.60. The first-order valence-electron chi connectivity index (χ1n) is 11.1. The molecule has 0 spiro atoms. The number of carbonyl (C=O) groups is 3. The lowest BCUT2D eigenvalue weighted by Gasteiger charge is -2.36. The van der Waals surface area contributed by atoms with Gasteiger partial charge in [0.2, 0.25) is 5.91 Å². The maximum atomic E-state index is 12.8. The zero-order valence-corrected chi connectivity index (χ0v) is 21.9. The van der Waals surface area contributed by atoms with Gasteiger partial charge in [0.1, 0.15) is 11.8 Å². The number of piperazine rings is 1. The third-order valence-corrected chi connectivity index (χ3v) is 5.85. The van der Waals surface area contributed by atoms with Crippen LogP contribution in [0.5, 0.6) is 5.75 Å². The summed E-state index contributed by atoms with van der Waals surface area (Å²) >= 11 is 8.84. The number of halogens is 1. The lowest BCUT2D eigenvalue weighted by atomic mass is 10.1. The van der Waals surface area contributed by atoms with E-state index in [1.165, 1.54) is 0 Å². The standard InChI is InChI=1S/C23H32BrN3O5S/c1-14(2)7-10-31-20(28)12-18-22(30)25-8-9-27(18)23(33)26-21(29)16-5-6-19(17(24)11-16)32-13-15(3)4/h5-6,11,14-15,18H,7-10,12-13H2,1-4H3,(H,25,30)(H,26,29,33). The van der Waals surface area contributed by atoms with Gasteiger partial charge in [-0.1, -0.05) is 27.7 Å². The number of amides is 2. The minimum absolute atomic E-state index is 0.0890. The molecule has 0 bridgehead atoms. The number of nitrogens with zero attached hydrogens (tertiary/aromatic N) is 1. The highest BCUT2D eigenvalue weighted by molar-refractivity contribution is 9.10. The van der Waals surface area contributed by atoms with E-state index in [0.717, 1.165) is 6.42 Å². The number of thiocarbonyl (C=S) groups is 1. The Labute approximate surface area is 208 Å². The summed E-state index contributed by atoms with van der Waals surface area (Å²) in [4.78, 5) is 39.0. The Balaban J connectivity index is 2.01. The average molecular weight is 542 g/mol. The monoisotopic (exact) mass is 541 g/mol. The molecular weight excluding hydrogens is 510 g/mol. The Morgan fingerprint density at radius 1 is 1.27 bits per heavy atom. The third kappa shape index (κ3) is 8.58. The fourth-order valence-electron chi connectivity index (χ4n) is 3.04. The first-order valence-corrected chi connectivity index (χ1v) is 12.3. The topological polar surface area (TPSA) is 97.0 Å².